The smallest absolute Gasteiger partial charge is 0.228 e. The van der Waals surface area contributed by atoms with Crippen molar-refractivity contribution in [2.24, 2.45) is 5.92 Å². The van der Waals surface area contributed by atoms with Crippen LogP contribution in [0.2, 0.25) is 0 Å². The largest absolute Gasteiger partial charge is 0.467 e. The van der Waals surface area contributed by atoms with E-state index < -0.39 is 6.10 Å². The number of hydrogen-bond acceptors (Lipinski definition) is 4. The van der Waals surface area contributed by atoms with Gasteiger partial charge in [-0.15, -0.1) is 0 Å². The highest BCUT2D eigenvalue weighted by molar-refractivity contribution is 5.89. The number of β-amino-alcohol motifs (C(OH)–C–C–N with tert-alkyl or cyclic N) is 1. The zero-order chi connectivity index (χ0) is 13.4. The first-order chi connectivity index (χ1) is 9.13. The number of likely N-dealkylation sites (tertiary alicyclic amines) is 2. The lowest BCUT2D eigenvalue weighted by molar-refractivity contribution is -0.145. The molecular weight excluding hydrogens is 248 g/mol. The summed E-state index contributed by atoms with van der Waals surface area (Å²) in [6, 6.07) is 3.59. The van der Waals surface area contributed by atoms with Crippen molar-refractivity contribution in [1.29, 1.82) is 0 Å². The fourth-order valence-electron chi connectivity index (χ4n) is 2.57. The number of aliphatic hydroxyl groups is 1. The fourth-order valence-corrected chi connectivity index (χ4v) is 2.57. The average Bonchev–Trinajstić information content (AvgIpc) is 2.96. The third-order valence-electron chi connectivity index (χ3n) is 3.66. The molecule has 2 fully saturated rings. The highest BCUT2D eigenvalue weighted by atomic mass is 16.3. The van der Waals surface area contributed by atoms with Gasteiger partial charge in [0.25, 0.3) is 0 Å². The summed E-state index contributed by atoms with van der Waals surface area (Å²) in [5.41, 5.74) is 0. The van der Waals surface area contributed by atoms with Gasteiger partial charge in [-0.3, -0.25) is 9.59 Å². The summed E-state index contributed by atoms with van der Waals surface area (Å²) < 4.78 is 5.21. The molecule has 102 valence electrons. The van der Waals surface area contributed by atoms with Gasteiger partial charge in [-0.25, -0.2) is 0 Å². The van der Waals surface area contributed by atoms with E-state index >= 15 is 0 Å². The van der Waals surface area contributed by atoms with Crippen LogP contribution in [0.1, 0.15) is 12.2 Å². The molecule has 2 aliphatic rings. The number of hydrogen-bond donors (Lipinski definition) is 1. The Morgan fingerprint density at radius 3 is 2.84 bits per heavy atom. The van der Waals surface area contributed by atoms with E-state index in [1.807, 2.05) is 6.07 Å². The summed E-state index contributed by atoms with van der Waals surface area (Å²) in [5, 5.41) is 9.20. The third-order valence-corrected chi connectivity index (χ3v) is 3.66. The van der Waals surface area contributed by atoms with Crippen molar-refractivity contribution >= 4 is 11.8 Å². The molecule has 0 radical (unpaired) electrons. The quantitative estimate of drug-likeness (QED) is 0.822. The molecule has 1 aromatic heterocycles. The lowest BCUT2D eigenvalue weighted by Crippen LogP contribution is -2.55. The van der Waals surface area contributed by atoms with Crippen LogP contribution in [0.5, 0.6) is 0 Å². The van der Waals surface area contributed by atoms with Gasteiger partial charge in [0, 0.05) is 26.1 Å². The molecule has 0 aromatic carbocycles. The summed E-state index contributed by atoms with van der Waals surface area (Å²) in [6.07, 6.45) is 1.42. The van der Waals surface area contributed by atoms with Gasteiger partial charge in [0.2, 0.25) is 11.8 Å². The summed E-state index contributed by atoms with van der Waals surface area (Å²) in [4.78, 5) is 27.2. The highest BCUT2D eigenvalue weighted by Gasteiger charge is 2.39. The molecule has 1 aromatic rings. The maximum absolute atomic E-state index is 12.1. The SMILES string of the molecule is O=C1CC(C(=O)N2CC(O)C2)CN1Cc1ccco1. The molecule has 0 spiro atoms. The Morgan fingerprint density at radius 1 is 1.42 bits per heavy atom. The van der Waals surface area contributed by atoms with Crippen LogP contribution in [0.3, 0.4) is 0 Å². The number of carbonyl (C=O) groups is 2. The molecule has 3 heterocycles. The number of amides is 2. The van der Waals surface area contributed by atoms with Crippen molar-refractivity contribution in [1.82, 2.24) is 9.80 Å². The third kappa shape index (κ3) is 2.35. The molecule has 19 heavy (non-hydrogen) atoms. The Bertz CT molecular complexity index is 479. The predicted molar refractivity (Wildman–Crippen MR) is 64.8 cm³/mol. The second kappa shape index (κ2) is 4.70. The van der Waals surface area contributed by atoms with Crippen molar-refractivity contribution in [2.45, 2.75) is 19.1 Å². The monoisotopic (exact) mass is 264 g/mol. The van der Waals surface area contributed by atoms with Gasteiger partial charge in [-0.2, -0.15) is 0 Å². The number of carbonyl (C=O) groups excluding carboxylic acids is 2. The van der Waals surface area contributed by atoms with Crippen molar-refractivity contribution in [2.75, 3.05) is 19.6 Å². The first kappa shape index (κ1) is 12.2. The van der Waals surface area contributed by atoms with Gasteiger partial charge >= 0.3 is 0 Å². The van der Waals surface area contributed by atoms with Crippen LogP contribution in [0.4, 0.5) is 0 Å². The van der Waals surface area contributed by atoms with Crippen LogP contribution in [0, 0.1) is 5.92 Å². The fraction of sp³-hybridized carbons (Fsp3) is 0.538. The minimum Gasteiger partial charge on any atom is -0.467 e. The topological polar surface area (TPSA) is 74.0 Å². The first-order valence-electron chi connectivity index (χ1n) is 6.40. The van der Waals surface area contributed by atoms with Crippen molar-refractivity contribution in [3.63, 3.8) is 0 Å². The Labute approximate surface area is 110 Å². The standard InChI is InChI=1S/C13H16N2O4/c16-10-6-15(7-10)13(18)9-4-12(17)14(5-9)8-11-2-1-3-19-11/h1-3,9-10,16H,4-8H2. The van der Waals surface area contributed by atoms with Gasteiger partial charge in [-0.05, 0) is 12.1 Å². The molecule has 1 unspecified atom stereocenters. The Morgan fingerprint density at radius 2 is 2.21 bits per heavy atom. The first-order valence-corrected chi connectivity index (χ1v) is 6.40. The van der Waals surface area contributed by atoms with E-state index in [0.29, 0.717) is 26.2 Å². The Kier molecular flexibility index (Phi) is 3.02. The van der Waals surface area contributed by atoms with Crippen molar-refractivity contribution < 1.29 is 19.1 Å². The molecule has 2 aliphatic heterocycles. The number of rotatable bonds is 3. The Balaban J connectivity index is 1.58. The molecule has 2 saturated heterocycles. The van der Waals surface area contributed by atoms with Crippen LogP contribution >= 0.6 is 0 Å². The minimum absolute atomic E-state index is 0.0178. The highest BCUT2D eigenvalue weighted by Crippen LogP contribution is 2.24. The number of aliphatic hydroxyl groups excluding tert-OH is 1. The van der Waals surface area contributed by atoms with Gasteiger partial charge in [0.15, 0.2) is 0 Å². The second-order valence-electron chi connectivity index (χ2n) is 5.15. The van der Waals surface area contributed by atoms with Gasteiger partial charge in [0.1, 0.15) is 5.76 Å². The molecule has 6 nitrogen and oxygen atoms in total. The van der Waals surface area contributed by atoms with Crippen molar-refractivity contribution in [3.8, 4) is 0 Å². The summed E-state index contributed by atoms with van der Waals surface area (Å²) in [5.74, 6) is 0.396. The number of nitrogens with zero attached hydrogens (tertiary/aromatic N) is 2. The van der Waals surface area contributed by atoms with Crippen molar-refractivity contribution in [3.05, 3.63) is 24.2 Å². The predicted octanol–water partition coefficient (Wildman–Crippen LogP) is -0.169. The van der Waals surface area contributed by atoms with Gasteiger partial charge < -0.3 is 19.3 Å². The van der Waals surface area contributed by atoms with E-state index in [1.54, 1.807) is 22.1 Å². The Hall–Kier alpha value is -1.82. The minimum atomic E-state index is -0.403. The van der Waals surface area contributed by atoms with E-state index in [9.17, 15) is 14.7 Å². The van der Waals surface area contributed by atoms with E-state index in [0.717, 1.165) is 5.76 Å². The molecule has 1 N–H and O–H groups in total. The van der Waals surface area contributed by atoms with E-state index in [4.69, 9.17) is 4.42 Å². The summed E-state index contributed by atoms with van der Waals surface area (Å²) in [7, 11) is 0. The molecule has 0 aliphatic carbocycles. The van der Waals surface area contributed by atoms with Crippen LogP contribution < -0.4 is 0 Å². The molecule has 1 atom stereocenters. The molecule has 0 bridgehead atoms. The zero-order valence-electron chi connectivity index (χ0n) is 10.5. The van der Waals surface area contributed by atoms with E-state index in [-0.39, 0.29) is 24.2 Å². The van der Waals surface area contributed by atoms with Crippen LogP contribution in [-0.4, -0.2) is 52.5 Å². The second-order valence-corrected chi connectivity index (χ2v) is 5.15. The molecule has 3 rings (SSSR count). The van der Waals surface area contributed by atoms with Crippen LogP contribution in [-0.2, 0) is 16.1 Å². The maximum Gasteiger partial charge on any atom is 0.228 e. The molecule has 2 amide bonds. The lowest BCUT2D eigenvalue weighted by Gasteiger charge is -2.37. The summed E-state index contributed by atoms with van der Waals surface area (Å²) >= 11 is 0. The normalized spacial score (nSPS) is 23.8. The molecule has 0 saturated carbocycles. The maximum atomic E-state index is 12.1. The number of furan rings is 1. The van der Waals surface area contributed by atoms with Gasteiger partial charge in [0.05, 0.1) is 24.8 Å². The van der Waals surface area contributed by atoms with Crippen LogP contribution in [0.25, 0.3) is 0 Å². The zero-order valence-corrected chi connectivity index (χ0v) is 10.5. The van der Waals surface area contributed by atoms with E-state index in [2.05, 4.69) is 0 Å². The average molecular weight is 264 g/mol. The van der Waals surface area contributed by atoms with Crippen LogP contribution in [0.15, 0.2) is 22.8 Å². The van der Waals surface area contributed by atoms with E-state index in [1.165, 1.54) is 0 Å². The lowest BCUT2D eigenvalue weighted by atomic mass is 10.0. The molecular formula is C13H16N2O4. The van der Waals surface area contributed by atoms with Gasteiger partial charge in [-0.1, -0.05) is 0 Å². The summed E-state index contributed by atoms with van der Waals surface area (Å²) in [6.45, 7) is 1.63. The molecule has 6 heteroatoms.